The zero-order chi connectivity index (χ0) is 13.3. The molecule has 0 spiro atoms. The Morgan fingerprint density at radius 3 is 2.39 bits per heavy atom. The molecule has 0 aromatic carbocycles. The number of thiophene rings is 1. The molecule has 0 saturated carbocycles. The van der Waals surface area contributed by atoms with E-state index in [1.807, 2.05) is 12.1 Å². The summed E-state index contributed by atoms with van der Waals surface area (Å²) in [4.78, 5) is 15.7. The number of sulfone groups is 1. The van der Waals surface area contributed by atoms with Gasteiger partial charge in [0, 0.05) is 18.0 Å². The Morgan fingerprint density at radius 2 is 1.89 bits per heavy atom. The van der Waals surface area contributed by atoms with Gasteiger partial charge in [-0.05, 0) is 18.1 Å². The van der Waals surface area contributed by atoms with Crippen LogP contribution in [0.3, 0.4) is 0 Å². The molecule has 1 aliphatic rings. The summed E-state index contributed by atoms with van der Waals surface area (Å²) in [5, 5.41) is 0. The maximum absolute atomic E-state index is 12.2. The van der Waals surface area contributed by atoms with E-state index >= 15 is 0 Å². The molecule has 0 bridgehead atoms. The zero-order valence-electron chi connectivity index (χ0n) is 10.5. The molecule has 1 saturated heterocycles. The highest BCUT2D eigenvalue weighted by Crippen LogP contribution is 2.25. The number of rotatable bonds is 2. The molecule has 100 valence electrons. The Labute approximate surface area is 112 Å². The molecule has 0 N–H and O–H groups in total. The minimum atomic E-state index is -2.93. The summed E-state index contributed by atoms with van der Waals surface area (Å²) in [5.41, 5.74) is 0. The fourth-order valence-corrected chi connectivity index (χ4v) is 4.03. The molecule has 1 aromatic heterocycles. The van der Waals surface area contributed by atoms with E-state index in [0.29, 0.717) is 23.9 Å². The van der Waals surface area contributed by atoms with Gasteiger partial charge in [0.2, 0.25) is 0 Å². The minimum absolute atomic E-state index is 0.0400. The SMILES string of the molecule is CC(C)c1ccc(C(=O)N2CCS(=O)(=O)CC2)s1. The van der Waals surface area contributed by atoms with Crippen molar-refractivity contribution in [2.45, 2.75) is 19.8 Å². The van der Waals surface area contributed by atoms with E-state index in [9.17, 15) is 13.2 Å². The first-order chi connectivity index (χ1) is 8.39. The molecule has 4 nitrogen and oxygen atoms in total. The van der Waals surface area contributed by atoms with E-state index in [-0.39, 0.29) is 17.4 Å². The second-order valence-electron chi connectivity index (χ2n) is 4.80. The quantitative estimate of drug-likeness (QED) is 0.832. The van der Waals surface area contributed by atoms with Gasteiger partial charge in [0.05, 0.1) is 16.4 Å². The van der Waals surface area contributed by atoms with Gasteiger partial charge in [-0.25, -0.2) is 8.42 Å². The van der Waals surface area contributed by atoms with Gasteiger partial charge in [-0.2, -0.15) is 0 Å². The number of amides is 1. The Balaban J connectivity index is 2.07. The van der Waals surface area contributed by atoms with Crippen LogP contribution in [0.15, 0.2) is 12.1 Å². The summed E-state index contributed by atoms with van der Waals surface area (Å²) < 4.78 is 22.6. The molecular formula is C12H17NO3S2. The third-order valence-corrected chi connectivity index (χ3v) is 6.02. The van der Waals surface area contributed by atoms with Crippen molar-refractivity contribution in [2.75, 3.05) is 24.6 Å². The topological polar surface area (TPSA) is 54.5 Å². The van der Waals surface area contributed by atoms with Gasteiger partial charge in [0.15, 0.2) is 9.84 Å². The standard InChI is InChI=1S/C12H17NO3S2/c1-9(2)10-3-4-11(17-10)12(14)13-5-7-18(15,16)8-6-13/h3-4,9H,5-8H2,1-2H3. The van der Waals surface area contributed by atoms with Gasteiger partial charge in [0.1, 0.15) is 0 Å². The molecule has 2 rings (SSSR count). The summed E-state index contributed by atoms with van der Waals surface area (Å²) >= 11 is 1.50. The van der Waals surface area contributed by atoms with E-state index in [0.717, 1.165) is 0 Å². The first kappa shape index (κ1) is 13.5. The van der Waals surface area contributed by atoms with Crippen molar-refractivity contribution in [2.24, 2.45) is 0 Å². The molecule has 6 heteroatoms. The smallest absolute Gasteiger partial charge is 0.263 e. The van der Waals surface area contributed by atoms with E-state index < -0.39 is 9.84 Å². The molecular weight excluding hydrogens is 270 g/mol. The van der Waals surface area contributed by atoms with E-state index in [1.165, 1.54) is 16.2 Å². The Bertz CT molecular complexity index is 531. The highest BCUT2D eigenvalue weighted by Gasteiger charge is 2.26. The molecule has 2 heterocycles. The van der Waals surface area contributed by atoms with Crippen molar-refractivity contribution < 1.29 is 13.2 Å². The number of carbonyl (C=O) groups excluding carboxylic acids is 1. The van der Waals surface area contributed by atoms with Crippen molar-refractivity contribution in [3.05, 3.63) is 21.9 Å². The van der Waals surface area contributed by atoms with Crippen molar-refractivity contribution >= 4 is 27.1 Å². The lowest BCUT2D eigenvalue weighted by molar-refractivity contribution is 0.0775. The van der Waals surface area contributed by atoms with E-state index in [1.54, 1.807) is 4.90 Å². The second kappa shape index (κ2) is 5.01. The highest BCUT2D eigenvalue weighted by atomic mass is 32.2. The summed E-state index contributed by atoms with van der Waals surface area (Å²) in [6, 6.07) is 3.81. The minimum Gasteiger partial charge on any atom is -0.336 e. The van der Waals surface area contributed by atoms with Crippen molar-refractivity contribution in [1.82, 2.24) is 4.90 Å². The highest BCUT2D eigenvalue weighted by molar-refractivity contribution is 7.91. The molecule has 1 aromatic rings. The van der Waals surface area contributed by atoms with Crippen LogP contribution in [0.4, 0.5) is 0 Å². The molecule has 1 fully saturated rings. The number of hydrogen-bond donors (Lipinski definition) is 0. The average Bonchev–Trinajstić information content (AvgIpc) is 2.77. The van der Waals surface area contributed by atoms with Crippen LogP contribution in [0.25, 0.3) is 0 Å². The van der Waals surface area contributed by atoms with Gasteiger partial charge >= 0.3 is 0 Å². The Kier molecular flexibility index (Phi) is 3.77. The lowest BCUT2D eigenvalue weighted by atomic mass is 10.2. The molecule has 0 unspecified atom stereocenters. The van der Waals surface area contributed by atoms with Crippen LogP contribution in [-0.2, 0) is 9.84 Å². The van der Waals surface area contributed by atoms with Crippen molar-refractivity contribution in [1.29, 1.82) is 0 Å². The van der Waals surface area contributed by atoms with Gasteiger partial charge in [0.25, 0.3) is 5.91 Å². The molecule has 0 aliphatic carbocycles. The van der Waals surface area contributed by atoms with Crippen molar-refractivity contribution in [3.8, 4) is 0 Å². The largest absolute Gasteiger partial charge is 0.336 e. The van der Waals surface area contributed by atoms with Crippen LogP contribution in [0, 0.1) is 0 Å². The normalized spacial score (nSPS) is 19.2. The predicted molar refractivity (Wildman–Crippen MR) is 73.0 cm³/mol. The average molecular weight is 287 g/mol. The van der Waals surface area contributed by atoms with Crippen LogP contribution in [-0.4, -0.2) is 43.8 Å². The van der Waals surface area contributed by atoms with Crippen molar-refractivity contribution in [3.63, 3.8) is 0 Å². The number of nitrogens with zero attached hydrogens (tertiary/aromatic N) is 1. The Morgan fingerprint density at radius 1 is 1.28 bits per heavy atom. The van der Waals surface area contributed by atoms with Crippen LogP contribution in [0.5, 0.6) is 0 Å². The molecule has 0 radical (unpaired) electrons. The summed E-state index contributed by atoms with van der Waals surface area (Å²) in [6.07, 6.45) is 0. The van der Waals surface area contributed by atoms with Crippen LogP contribution in [0.1, 0.15) is 34.3 Å². The van der Waals surface area contributed by atoms with Gasteiger partial charge in [-0.3, -0.25) is 4.79 Å². The molecule has 18 heavy (non-hydrogen) atoms. The molecule has 1 aliphatic heterocycles. The molecule has 0 atom stereocenters. The van der Waals surface area contributed by atoms with Crippen LogP contribution >= 0.6 is 11.3 Å². The van der Waals surface area contributed by atoms with Gasteiger partial charge in [-0.15, -0.1) is 11.3 Å². The van der Waals surface area contributed by atoms with Gasteiger partial charge < -0.3 is 4.90 Å². The van der Waals surface area contributed by atoms with Crippen LogP contribution in [0.2, 0.25) is 0 Å². The maximum Gasteiger partial charge on any atom is 0.263 e. The third kappa shape index (κ3) is 2.92. The fourth-order valence-electron chi connectivity index (χ4n) is 1.85. The Hall–Kier alpha value is -0.880. The first-order valence-corrected chi connectivity index (χ1v) is 8.62. The third-order valence-electron chi connectivity index (χ3n) is 3.04. The number of hydrogen-bond acceptors (Lipinski definition) is 4. The number of carbonyl (C=O) groups is 1. The lowest BCUT2D eigenvalue weighted by Crippen LogP contribution is -2.43. The summed E-state index contributed by atoms with van der Waals surface area (Å²) in [5.74, 6) is 0.544. The summed E-state index contributed by atoms with van der Waals surface area (Å²) in [6.45, 7) is 4.81. The molecule has 1 amide bonds. The first-order valence-electron chi connectivity index (χ1n) is 5.98. The lowest BCUT2D eigenvalue weighted by Gasteiger charge is -2.26. The monoisotopic (exact) mass is 287 g/mol. The van der Waals surface area contributed by atoms with E-state index in [4.69, 9.17) is 0 Å². The van der Waals surface area contributed by atoms with E-state index in [2.05, 4.69) is 13.8 Å². The fraction of sp³-hybridized carbons (Fsp3) is 0.583. The maximum atomic E-state index is 12.2. The predicted octanol–water partition coefficient (Wildman–Crippen LogP) is 1.74. The summed E-state index contributed by atoms with van der Waals surface area (Å²) in [7, 11) is -2.93. The second-order valence-corrected chi connectivity index (χ2v) is 8.22. The van der Waals surface area contributed by atoms with Crippen LogP contribution < -0.4 is 0 Å². The van der Waals surface area contributed by atoms with Gasteiger partial charge in [-0.1, -0.05) is 13.8 Å². The zero-order valence-corrected chi connectivity index (χ0v) is 12.2.